The first kappa shape index (κ1) is 17.1. The third-order valence-corrected chi connectivity index (χ3v) is 5.49. The van der Waals surface area contributed by atoms with E-state index in [2.05, 4.69) is 0 Å². The van der Waals surface area contributed by atoms with Crippen LogP contribution in [0.1, 0.15) is 5.56 Å². The third kappa shape index (κ3) is 3.69. The van der Waals surface area contributed by atoms with Gasteiger partial charge in [-0.2, -0.15) is 0 Å². The summed E-state index contributed by atoms with van der Waals surface area (Å²) in [5.41, 5.74) is 0.486. The van der Waals surface area contributed by atoms with E-state index in [4.69, 9.17) is 0 Å². The Morgan fingerprint density at radius 3 is 2.00 bits per heavy atom. The van der Waals surface area contributed by atoms with Gasteiger partial charge in [0.25, 0.3) is 10.0 Å². The molecular formula is C19H15F2NO2S. The van der Waals surface area contributed by atoms with Crippen molar-refractivity contribution in [2.45, 2.75) is 11.4 Å². The van der Waals surface area contributed by atoms with E-state index >= 15 is 0 Å². The average Bonchev–Trinajstić information content (AvgIpc) is 2.62. The minimum atomic E-state index is -3.91. The molecule has 0 aliphatic heterocycles. The monoisotopic (exact) mass is 359 g/mol. The van der Waals surface area contributed by atoms with Gasteiger partial charge in [0.15, 0.2) is 0 Å². The van der Waals surface area contributed by atoms with Crippen LogP contribution in [-0.4, -0.2) is 8.42 Å². The van der Waals surface area contributed by atoms with Gasteiger partial charge in [0.05, 0.1) is 17.1 Å². The lowest BCUT2D eigenvalue weighted by molar-refractivity contribution is 0.569. The van der Waals surface area contributed by atoms with Crippen molar-refractivity contribution in [2.75, 3.05) is 4.31 Å². The van der Waals surface area contributed by atoms with Gasteiger partial charge in [-0.15, -0.1) is 0 Å². The zero-order chi connectivity index (χ0) is 17.9. The third-order valence-electron chi connectivity index (χ3n) is 3.70. The summed E-state index contributed by atoms with van der Waals surface area (Å²) in [6.45, 7) is -0.243. The molecule has 3 aromatic carbocycles. The number of benzene rings is 3. The molecule has 25 heavy (non-hydrogen) atoms. The van der Waals surface area contributed by atoms with E-state index in [1.807, 2.05) is 0 Å². The standard InChI is InChI=1S/C19H15F2NO2S/c20-16-12-11-15(19(21)13-16)14-22(17-7-3-1-4-8-17)25(23,24)18-9-5-2-6-10-18/h1-13H,14H2. The van der Waals surface area contributed by atoms with Crippen LogP contribution in [0.5, 0.6) is 0 Å². The van der Waals surface area contributed by atoms with Crippen LogP contribution in [0.2, 0.25) is 0 Å². The molecule has 0 saturated carbocycles. The van der Waals surface area contributed by atoms with Crippen molar-refractivity contribution >= 4 is 15.7 Å². The van der Waals surface area contributed by atoms with Gasteiger partial charge in [-0.1, -0.05) is 42.5 Å². The molecule has 6 heteroatoms. The summed E-state index contributed by atoms with van der Waals surface area (Å²) in [7, 11) is -3.91. The fourth-order valence-corrected chi connectivity index (χ4v) is 3.90. The molecule has 0 aromatic heterocycles. The summed E-state index contributed by atoms with van der Waals surface area (Å²) in [6.07, 6.45) is 0. The van der Waals surface area contributed by atoms with Crippen molar-refractivity contribution in [3.05, 3.63) is 96.1 Å². The molecule has 0 heterocycles. The summed E-state index contributed by atoms with van der Waals surface area (Å²) in [4.78, 5) is 0.0985. The van der Waals surface area contributed by atoms with E-state index in [-0.39, 0.29) is 17.0 Å². The molecule has 0 N–H and O–H groups in total. The number of hydrogen-bond acceptors (Lipinski definition) is 2. The highest BCUT2D eigenvalue weighted by Gasteiger charge is 2.25. The number of hydrogen-bond donors (Lipinski definition) is 0. The molecule has 0 fully saturated rings. The molecule has 0 spiro atoms. The predicted octanol–water partition coefficient (Wildman–Crippen LogP) is 4.36. The highest BCUT2D eigenvalue weighted by molar-refractivity contribution is 7.92. The smallest absolute Gasteiger partial charge is 0.262 e. The van der Waals surface area contributed by atoms with Gasteiger partial charge < -0.3 is 0 Å². The van der Waals surface area contributed by atoms with E-state index < -0.39 is 21.7 Å². The molecule has 3 aromatic rings. The molecule has 0 unspecified atom stereocenters. The Bertz CT molecular complexity index is 961. The Hall–Kier alpha value is -2.73. The zero-order valence-corrected chi connectivity index (χ0v) is 14.0. The maximum atomic E-state index is 14.1. The second-order valence-electron chi connectivity index (χ2n) is 5.40. The van der Waals surface area contributed by atoms with Crippen LogP contribution < -0.4 is 4.31 Å². The van der Waals surface area contributed by atoms with Crippen LogP contribution in [0.4, 0.5) is 14.5 Å². The molecule has 0 saturated heterocycles. The number of nitrogens with zero attached hydrogens (tertiary/aromatic N) is 1. The van der Waals surface area contributed by atoms with E-state index in [0.717, 1.165) is 16.4 Å². The molecule has 3 nitrogen and oxygen atoms in total. The molecule has 0 atom stereocenters. The van der Waals surface area contributed by atoms with E-state index in [1.165, 1.54) is 18.2 Å². The summed E-state index contributed by atoms with van der Waals surface area (Å²) in [5, 5.41) is 0. The zero-order valence-electron chi connectivity index (χ0n) is 13.1. The fourth-order valence-electron chi connectivity index (χ4n) is 2.43. The average molecular weight is 359 g/mol. The van der Waals surface area contributed by atoms with E-state index in [0.29, 0.717) is 5.69 Å². The first-order valence-corrected chi connectivity index (χ1v) is 8.99. The normalized spacial score (nSPS) is 11.3. The minimum Gasteiger partial charge on any atom is -0.262 e. The van der Waals surface area contributed by atoms with Crippen LogP contribution in [0.15, 0.2) is 83.8 Å². The Kier molecular flexibility index (Phi) is 4.81. The second kappa shape index (κ2) is 7.03. The second-order valence-corrected chi connectivity index (χ2v) is 7.26. The first-order valence-electron chi connectivity index (χ1n) is 7.55. The van der Waals surface area contributed by atoms with Crippen LogP contribution in [0.3, 0.4) is 0 Å². The van der Waals surface area contributed by atoms with Crippen LogP contribution >= 0.6 is 0 Å². The molecular weight excluding hydrogens is 344 g/mol. The maximum Gasteiger partial charge on any atom is 0.264 e. The molecule has 0 aliphatic carbocycles. The van der Waals surface area contributed by atoms with Gasteiger partial charge in [-0.25, -0.2) is 17.2 Å². The van der Waals surface area contributed by atoms with Gasteiger partial charge in [-0.3, -0.25) is 4.31 Å². The lowest BCUT2D eigenvalue weighted by Crippen LogP contribution is -2.31. The number of anilines is 1. The van der Waals surface area contributed by atoms with Gasteiger partial charge in [0.1, 0.15) is 11.6 Å². The van der Waals surface area contributed by atoms with Crippen LogP contribution in [-0.2, 0) is 16.6 Å². The van der Waals surface area contributed by atoms with Gasteiger partial charge in [-0.05, 0) is 30.3 Å². The van der Waals surface area contributed by atoms with Crippen molar-refractivity contribution in [2.24, 2.45) is 0 Å². The molecule has 0 aliphatic rings. The highest BCUT2D eigenvalue weighted by Crippen LogP contribution is 2.26. The van der Waals surface area contributed by atoms with Crippen molar-refractivity contribution < 1.29 is 17.2 Å². The van der Waals surface area contributed by atoms with E-state index in [1.54, 1.807) is 48.5 Å². The summed E-state index contributed by atoms with van der Waals surface area (Å²) < 4.78 is 54.4. The van der Waals surface area contributed by atoms with E-state index in [9.17, 15) is 17.2 Å². The lowest BCUT2D eigenvalue weighted by atomic mass is 10.2. The molecule has 128 valence electrons. The number of para-hydroxylation sites is 1. The molecule has 0 radical (unpaired) electrons. The number of halogens is 2. The number of sulfonamides is 1. The Balaban J connectivity index is 2.08. The SMILES string of the molecule is O=S(=O)(c1ccccc1)N(Cc1ccc(F)cc1F)c1ccccc1. The van der Waals surface area contributed by atoms with Gasteiger partial charge in [0, 0.05) is 11.6 Å². The first-order chi connectivity index (χ1) is 12.0. The predicted molar refractivity (Wildman–Crippen MR) is 92.6 cm³/mol. The van der Waals surface area contributed by atoms with Crippen LogP contribution in [0.25, 0.3) is 0 Å². The summed E-state index contributed by atoms with van der Waals surface area (Å²) >= 11 is 0. The van der Waals surface area contributed by atoms with Crippen molar-refractivity contribution in [1.29, 1.82) is 0 Å². The Morgan fingerprint density at radius 1 is 0.800 bits per heavy atom. The topological polar surface area (TPSA) is 37.4 Å². The largest absolute Gasteiger partial charge is 0.264 e. The van der Waals surface area contributed by atoms with Crippen molar-refractivity contribution in [3.8, 4) is 0 Å². The molecule has 0 bridgehead atoms. The molecule has 3 rings (SSSR count). The van der Waals surface area contributed by atoms with Gasteiger partial charge in [0.2, 0.25) is 0 Å². The molecule has 0 amide bonds. The Morgan fingerprint density at radius 2 is 1.40 bits per heavy atom. The minimum absolute atomic E-state index is 0.0877. The van der Waals surface area contributed by atoms with Crippen LogP contribution in [0, 0.1) is 11.6 Å². The highest BCUT2D eigenvalue weighted by atomic mass is 32.2. The van der Waals surface area contributed by atoms with Crippen molar-refractivity contribution in [3.63, 3.8) is 0 Å². The number of rotatable bonds is 5. The fraction of sp³-hybridized carbons (Fsp3) is 0.0526. The van der Waals surface area contributed by atoms with Crippen molar-refractivity contribution in [1.82, 2.24) is 0 Å². The maximum absolute atomic E-state index is 14.1. The Labute approximate surface area is 145 Å². The quantitative estimate of drug-likeness (QED) is 0.679. The lowest BCUT2D eigenvalue weighted by Gasteiger charge is -2.25. The van der Waals surface area contributed by atoms with Gasteiger partial charge >= 0.3 is 0 Å². The summed E-state index contributed by atoms with van der Waals surface area (Å²) in [6, 6.07) is 19.4. The summed E-state index contributed by atoms with van der Waals surface area (Å²) in [5.74, 6) is -1.50.